The van der Waals surface area contributed by atoms with E-state index in [2.05, 4.69) is 4.98 Å². The second-order valence-corrected chi connectivity index (χ2v) is 3.98. The van der Waals surface area contributed by atoms with Gasteiger partial charge in [-0.15, -0.1) is 0 Å². The van der Waals surface area contributed by atoms with Crippen LogP contribution in [0.3, 0.4) is 0 Å². The molecule has 0 spiro atoms. The van der Waals surface area contributed by atoms with Gasteiger partial charge in [-0.1, -0.05) is 0 Å². The van der Waals surface area contributed by atoms with Crippen molar-refractivity contribution in [1.29, 1.82) is 0 Å². The van der Waals surface area contributed by atoms with Gasteiger partial charge >= 0.3 is 5.97 Å². The van der Waals surface area contributed by atoms with Gasteiger partial charge in [0.15, 0.2) is 0 Å². The molecule has 0 amide bonds. The standard InChI is InChI=1S/C10H13N3O3/c1-5-12-4-7(8(11)10(15)16)9(14)13(5)6-2-3-6/h4,6,8H,2-3,11H2,1H3,(H,15,16). The van der Waals surface area contributed by atoms with Gasteiger partial charge in [-0.05, 0) is 19.8 Å². The van der Waals surface area contributed by atoms with Crippen LogP contribution in [-0.4, -0.2) is 20.6 Å². The number of aromatic nitrogens is 2. The molecule has 2 rings (SSSR count). The van der Waals surface area contributed by atoms with E-state index < -0.39 is 12.0 Å². The Balaban J connectivity index is 2.52. The zero-order valence-electron chi connectivity index (χ0n) is 8.88. The normalized spacial score (nSPS) is 17.1. The van der Waals surface area contributed by atoms with E-state index in [0.717, 1.165) is 12.8 Å². The fourth-order valence-electron chi connectivity index (χ4n) is 1.68. The van der Waals surface area contributed by atoms with Crippen LogP contribution in [0.2, 0.25) is 0 Å². The molecule has 6 nitrogen and oxygen atoms in total. The molecule has 0 bridgehead atoms. The zero-order valence-corrected chi connectivity index (χ0v) is 8.88. The fourth-order valence-corrected chi connectivity index (χ4v) is 1.68. The molecule has 0 radical (unpaired) electrons. The molecule has 86 valence electrons. The molecule has 1 aliphatic carbocycles. The molecule has 1 saturated carbocycles. The minimum absolute atomic E-state index is 0.0463. The Hall–Kier alpha value is -1.69. The number of aliphatic carboxylic acids is 1. The minimum Gasteiger partial charge on any atom is -0.480 e. The van der Waals surface area contributed by atoms with Gasteiger partial charge in [-0.3, -0.25) is 14.2 Å². The van der Waals surface area contributed by atoms with Gasteiger partial charge in [0.1, 0.15) is 11.9 Å². The third-order valence-corrected chi connectivity index (χ3v) is 2.72. The predicted octanol–water partition coefficient (Wildman–Crippen LogP) is -0.0290. The summed E-state index contributed by atoms with van der Waals surface area (Å²) in [4.78, 5) is 26.8. The van der Waals surface area contributed by atoms with Crippen molar-refractivity contribution >= 4 is 5.97 Å². The third-order valence-electron chi connectivity index (χ3n) is 2.72. The van der Waals surface area contributed by atoms with Gasteiger partial charge in [0.05, 0.1) is 5.56 Å². The van der Waals surface area contributed by atoms with Crippen LogP contribution in [0.15, 0.2) is 11.0 Å². The van der Waals surface area contributed by atoms with Crippen molar-refractivity contribution in [1.82, 2.24) is 9.55 Å². The topological polar surface area (TPSA) is 98.2 Å². The Bertz CT molecular complexity index is 491. The van der Waals surface area contributed by atoms with Gasteiger partial charge in [0.2, 0.25) is 0 Å². The van der Waals surface area contributed by atoms with Crippen LogP contribution in [0.4, 0.5) is 0 Å². The summed E-state index contributed by atoms with van der Waals surface area (Å²) >= 11 is 0. The lowest BCUT2D eigenvalue weighted by Gasteiger charge is -2.11. The van der Waals surface area contributed by atoms with Crippen LogP contribution in [0.5, 0.6) is 0 Å². The van der Waals surface area contributed by atoms with E-state index in [1.54, 1.807) is 6.92 Å². The van der Waals surface area contributed by atoms with Crippen molar-refractivity contribution in [2.45, 2.75) is 31.8 Å². The van der Waals surface area contributed by atoms with E-state index in [9.17, 15) is 9.59 Å². The summed E-state index contributed by atoms with van der Waals surface area (Å²) in [6.07, 6.45) is 3.14. The van der Waals surface area contributed by atoms with Crippen molar-refractivity contribution in [2.75, 3.05) is 0 Å². The largest absolute Gasteiger partial charge is 0.480 e. The number of rotatable bonds is 3. The summed E-state index contributed by atoms with van der Waals surface area (Å²) in [5.41, 5.74) is 5.14. The van der Waals surface area contributed by atoms with Crippen molar-refractivity contribution < 1.29 is 9.90 Å². The summed E-state index contributed by atoms with van der Waals surface area (Å²) in [7, 11) is 0. The first-order valence-electron chi connectivity index (χ1n) is 5.08. The van der Waals surface area contributed by atoms with Crippen molar-refractivity contribution in [3.63, 3.8) is 0 Å². The number of aryl methyl sites for hydroxylation is 1. The van der Waals surface area contributed by atoms with Crippen LogP contribution in [0, 0.1) is 6.92 Å². The third kappa shape index (κ3) is 1.71. The van der Waals surface area contributed by atoms with Gasteiger partial charge in [0.25, 0.3) is 5.56 Å². The predicted molar refractivity (Wildman–Crippen MR) is 56.1 cm³/mol. The van der Waals surface area contributed by atoms with Gasteiger partial charge < -0.3 is 10.8 Å². The summed E-state index contributed by atoms with van der Waals surface area (Å²) in [5, 5.41) is 8.77. The molecule has 3 N–H and O–H groups in total. The smallest absolute Gasteiger partial charge is 0.325 e. The van der Waals surface area contributed by atoms with Gasteiger partial charge in [-0.2, -0.15) is 0 Å². The Morgan fingerprint density at radius 2 is 2.31 bits per heavy atom. The second-order valence-electron chi connectivity index (χ2n) is 3.98. The van der Waals surface area contributed by atoms with Crippen LogP contribution in [-0.2, 0) is 4.79 Å². The number of nitrogens with zero attached hydrogens (tertiary/aromatic N) is 2. The Morgan fingerprint density at radius 1 is 1.69 bits per heavy atom. The highest BCUT2D eigenvalue weighted by molar-refractivity contribution is 5.74. The number of carboxylic acid groups (broad SMARTS) is 1. The number of carbonyl (C=O) groups is 1. The van der Waals surface area contributed by atoms with E-state index in [0.29, 0.717) is 5.82 Å². The molecule has 1 aliphatic rings. The molecule has 6 heteroatoms. The van der Waals surface area contributed by atoms with Crippen molar-refractivity contribution in [2.24, 2.45) is 5.73 Å². The van der Waals surface area contributed by atoms with Gasteiger partial charge in [-0.25, -0.2) is 4.98 Å². The number of hydrogen-bond donors (Lipinski definition) is 2. The minimum atomic E-state index is -1.30. The first-order valence-corrected chi connectivity index (χ1v) is 5.08. The van der Waals surface area contributed by atoms with Crippen LogP contribution < -0.4 is 11.3 Å². The molecule has 1 aromatic rings. The Morgan fingerprint density at radius 3 is 2.81 bits per heavy atom. The maximum Gasteiger partial charge on any atom is 0.325 e. The molecule has 1 aromatic heterocycles. The quantitative estimate of drug-likeness (QED) is 0.749. The van der Waals surface area contributed by atoms with Crippen molar-refractivity contribution in [3.8, 4) is 0 Å². The monoisotopic (exact) mass is 223 g/mol. The SMILES string of the molecule is Cc1ncc(C(N)C(=O)O)c(=O)n1C1CC1. The van der Waals surface area contributed by atoms with E-state index in [4.69, 9.17) is 10.8 Å². The van der Waals surface area contributed by atoms with Crippen LogP contribution in [0.1, 0.15) is 36.3 Å². The first-order chi connectivity index (χ1) is 7.52. The molecule has 16 heavy (non-hydrogen) atoms. The second kappa shape index (κ2) is 3.71. The van der Waals surface area contributed by atoms with Crippen molar-refractivity contribution in [3.05, 3.63) is 27.9 Å². The number of carboxylic acids is 1. The number of nitrogens with two attached hydrogens (primary N) is 1. The van der Waals surface area contributed by atoms with Crippen LogP contribution in [0.25, 0.3) is 0 Å². The molecule has 0 aliphatic heterocycles. The molecule has 1 heterocycles. The summed E-state index contributed by atoms with van der Waals surface area (Å²) < 4.78 is 1.54. The molecule has 0 saturated heterocycles. The van der Waals surface area contributed by atoms with E-state index in [1.165, 1.54) is 10.8 Å². The zero-order chi connectivity index (χ0) is 11.9. The average Bonchev–Trinajstić information content (AvgIpc) is 3.01. The molecule has 0 aromatic carbocycles. The maximum absolute atomic E-state index is 12.0. The van der Waals surface area contributed by atoms with E-state index >= 15 is 0 Å². The van der Waals surface area contributed by atoms with E-state index in [-0.39, 0.29) is 17.2 Å². The number of hydrogen-bond acceptors (Lipinski definition) is 4. The van der Waals surface area contributed by atoms with Gasteiger partial charge in [0, 0.05) is 12.2 Å². The molecule has 1 atom stereocenters. The van der Waals surface area contributed by atoms with E-state index in [1.807, 2.05) is 0 Å². The highest BCUT2D eigenvalue weighted by Gasteiger charge is 2.29. The summed E-state index contributed by atoms with van der Waals surface area (Å²) in [6, 6.07) is -1.13. The Kier molecular flexibility index (Phi) is 2.51. The molecule has 1 fully saturated rings. The summed E-state index contributed by atoms with van der Waals surface area (Å²) in [6.45, 7) is 1.73. The highest BCUT2D eigenvalue weighted by atomic mass is 16.4. The maximum atomic E-state index is 12.0. The lowest BCUT2D eigenvalue weighted by molar-refractivity contribution is -0.138. The molecular weight excluding hydrogens is 210 g/mol. The highest BCUT2D eigenvalue weighted by Crippen LogP contribution is 2.34. The average molecular weight is 223 g/mol. The molecule has 1 unspecified atom stereocenters. The molecular formula is C10H13N3O3. The summed E-state index contributed by atoms with van der Waals surface area (Å²) in [5.74, 6) is -0.612. The lowest BCUT2D eigenvalue weighted by Crippen LogP contribution is -2.33. The fraction of sp³-hybridized carbons (Fsp3) is 0.500. The lowest BCUT2D eigenvalue weighted by atomic mass is 10.1. The van der Waals surface area contributed by atoms with Crippen LogP contribution >= 0.6 is 0 Å². The first kappa shape index (κ1) is 10.8. The Labute approximate surface area is 91.7 Å².